The smallest absolute Gasteiger partial charge is 0.258 e. The summed E-state index contributed by atoms with van der Waals surface area (Å²) in [6.07, 6.45) is 2.46. The highest BCUT2D eigenvalue weighted by atomic mass is 127. The molecule has 1 aliphatic rings. The van der Waals surface area contributed by atoms with E-state index in [2.05, 4.69) is 49.0 Å². The van der Waals surface area contributed by atoms with E-state index < -0.39 is 22.0 Å². The van der Waals surface area contributed by atoms with Crippen LogP contribution < -0.4 is 14.9 Å². The van der Waals surface area contributed by atoms with Crippen LogP contribution in [0.25, 0.3) is 0 Å². The van der Waals surface area contributed by atoms with Crippen molar-refractivity contribution < 1.29 is 22.7 Å². The Bertz CT molecular complexity index is 1440. The molecule has 0 radical (unpaired) electrons. The Morgan fingerprint density at radius 2 is 1.92 bits per heavy atom. The van der Waals surface area contributed by atoms with E-state index in [0.29, 0.717) is 41.5 Å². The minimum atomic E-state index is -3.85. The zero-order chi connectivity index (χ0) is 27.3. The molecule has 0 unspecified atom stereocenters. The monoisotopic (exact) mass is 731 g/mol. The molecule has 4 rings (SSSR count). The van der Waals surface area contributed by atoms with Crippen molar-refractivity contribution in [2.24, 2.45) is 5.10 Å². The van der Waals surface area contributed by atoms with Crippen LogP contribution in [-0.2, 0) is 21.4 Å². The molecule has 1 aliphatic heterocycles. The molecule has 1 amide bonds. The van der Waals surface area contributed by atoms with Gasteiger partial charge in [0.2, 0.25) is 10.0 Å². The fourth-order valence-electron chi connectivity index (χ4n) is 3.97. The van der Waals surface area contributed by atoms with E-state index >= 15 is 0 Å². The van der Waals surface area contributed by atoms with Crippen LogP contribution in [0.5, 0.6) is 11.5 Å². The van der Waals surface area contributed by atoms with Gasteiger partial charge in [0.25, 0.3) is 5.91 Å². The van der Waals surface area contributed by atoms with Gasteiger partial charge >= 0.3 is 0 Å². The molecular formula is C26H24BrClIN3O5S. The van der Waals surface area contributed by atoms with Crippen molar-refractivity contribution in [1.29, 1.82) is 0 Å². The molecule has 0 aromatic heterocycles. The lowest BCUT2D eigenvalue weighted by molar-refractivity contribution is -0.124. The summed E-state index contributed by atoms with van der Waals surface area (Å²) in [5.74, 6) is 0.636. The molecular weight excluding hydrogens is 709 g/mol. The van der Waals surface area contributed by atoms with Crippen LogP contribution >= 0.6 is 50.1 Å². The number of nitrogens with zero attached hydrogens (tertiary/aromatic N) is 2. The van der Waals surface area contributed by atoms with Gasteiger partial charge in [-0.05, 0) is 95.1 Å². The summed E-state index contributed by atoms with van der Waals surface area (Å²) in [7, 11) is -2.29. The second-order valence-corrected chi connectivity index (χ2v) is 12.8. The number of hydrazone groups is 1. The normalized spacial score (nSPS) is 16.1. The molecule has 1 atom stereocenters. The maximum absolute atomic E-state index is 13.1. The molecule has 0 spiro atoms. The van der Waals surface area contributed by atoms with Crippen molar-refractivity contribution in [1.82, 2.24) is 9.73 Å². The van der Waals surface area contributed by atoms with E-state index in [0.717, 1.165) is 13.6 Å². The first-order valence-electron chi connectivity index (χ1n) is 11.5. The summed E-state index contributed by atoms with van der Waals surface area (Å²) in [4.78, 5) is 13.0. The minimum Gasteiger partial charge on any atom is -0.493 e. The van der Waals surface area contributed by atoms with Gasteiger partial charge < -0.3 is 9.47 Å². The molecule has 8 nitrogen and oxygen atoms in total. The van der Waals surface area contributed by atoms with Crippen molar-refractivity contribution >= 4 is 72.3 Å². The molecule has 0 aliphatic carbocycles. The highest BCUT2D eigenvalue weighted by Gasteiger charge is 2.39. The van der Waals surface area contributed by atoms with Crippen LogP contribution in [0, 0.1) is 3.57 Å². The van der Waals surface area contributed by atoms with Gasteiger partial charge in [0.1, 0.15) is 12.6 Å². The Morgan fingerprint density at radius 1 is 1.21 bits per heavy atom. The van der Waals surface area contributed by atoms with E-state index in [1.54, 1.807) is 13.2 Å². The van der Waals surface area contributed by atoms with Gasteiger partial charge in [0.15, 0.2) is 11.5 Å². The molecule has 3 aromatic carbocycles. The average Bonchev–Trinajstić information content (AvgIpc) is 3.40. The fourth-order valence-corrected chi connectivity index (χ4v) is 6.80. The molecule has 1 heterocycles. The summed E-state index contributed by atoms with van der Waals surface area (Å²) in [5.41, 5.74) is 4.18. The number of methoxy groups -OCH3 is 1. The lowest BCUT2D eigenvalue weighted by atomic mass is 10.2. The highest BCUT2D eigenvalue weighted by Crippen LogP contribution is 2.34. The van der Waals surface area contributed by atoms with E-state index in [1.165, 1.54) is 34.8 Å². The highest BCUT2D eigenvalue weighted by molar-refractivity contribution is 14.1. The lowest BCUT2D eigenvalue weighted by Gasteiger charge is -2.22. The third-order valence-electron chi connectivity index (χ3n) is 5.86. The number of hydrogen-bond donors (Lipinski definition) is 1. The zero-order valence-corrected chi connectivity index (χ0v) is 25.6. The predicted octanol–water partition coefficient (Wildman–Crippen LogP) is 5.60. The summed E-state index contributed by atoms with van der Waals surface area (Å²) < 4.78 is 40.7. The molecule has 3 aromatic rings. The van der Waals surface area contributed by atoms with Crippen LogP contribution in [0.2, 0.25) is 5.02 Å². The van der Waals surface area contributed by atoms with Gasteiger partial charge in [-0.3, -0.25) is 4.79 Å². The first-order valence-corrected chi connectivity index (χ1v) is 15.2. The van der Waals surface area contributed by atoms with E-state index in [9.17, 15) is 13.2 Å². The van der Waals surface area contributed by atoms with Crippen LogP contribution in [0.15, 0.2) is 75.1 Å². The Balaban J connectivity index is 1.42. The number of ether oxygens (including phenoxy) is 2. The van der Waals surface area contributed by atoms with Gasteiger partial charge in [-0.15, -0.1) is 0 Å². The molecule has 12 heteroatoms. The number of amides is 1. The van der Waals surface area contributed by atoms with Crippen LogP contribution in [0.4, 0.5) is 0 Å². The number of rotatable bonds is 9. The van der Waals surface area contributed by atoms with Gasteiger partial charge in [-0.2, -0.15) is 9.41 Å². The Labute approximate surface area is 248 Å². The number of carbonyl (C=O) groups is 1. The van der Waals surface area contributed by atoms with Crippen molar-refractivity contribution in [3.05, 3.63) is 84.9 Å². The van der Waals surface area contributed by atoms with E-state index in [-0.39, 0.29) is 11.4 Å². The van der Waals surface area contributed by atoms with Gasteiger partial charge in [0.05, 0.1) is 21.8 Å². The lowest BCUT2D eigenvalue weighted by Crippen LogP contribution is -2.44. The Kier molecular flexibility index (Phi) is 9.69. The molecule has 1 fully saturated rings. The maximum Gasteiger partial charge on any atom is 0.258 e. The predicted molar refractivity (Wildman–Crippen MR) is 158 cm³/mol. The number of sulfonamides is 1. The van der Waals surface area contributed by atoms with Crippen molar-refractivity contribution in [3.63, 3.8) is 0 Å². The van der Waals surface area contributed by atoms with Crippen molar-refractivity contribution in [2.75, 3.05) is 13.7 Å². The van der Waals surface area contributed by atoms with E-state index in [4.69, 9.17) is 21.1 Å². The second-order valence-electron chi connectivity index (χ2n) is 8.41. The summed E-state index contributed by atoms with van der Waals surface area (Å²) in [6.45, 7) is 0.629. The third-order valence-corrected chi connectivity index (χ3v) is 9.37. The zero-order valence-electron chi connectivity index (χ0n) is 20.2. The van der Waals surface area contributed by atoms with E-state index in [1.807, 2.05) is 30.3 Å². The number of carbonyl (C=O) groups excluding carboxylic acids is 1. The topological polar surface area (TPSA) is 97.3 Å². The van der Waals surface area contributed by atoms with Crippen molar-refractivity contribution in [3.8, 4) is 11.5 Å². The fraction of sp³-hybridized carbons (Fsp3) is 0.231. The summed E-state index contributed by atoms with van der Waals surface area (Å²) >= 11 is 11.5. The van der Waals surface area contributed by atoms with Gasteiger partial charge in [-0.25, -0.2) is 13.8 Å². The van der Waals surface area contributed by atoms with Crippen LogP contribution in [0.1, 0.15) is 24.0 Å². The molecule has 0 saturated carbocycles. The molecule has 1 N–H and O–H groups in total. The average molecular weight is 733 g/mol. The quantitative estimate of drug-likeness (QED) is 0.176. The minimum absolute atomic E-state index is 0.0919. The number of nitrogens with one attached hydrogen (secondary N) is 1. The van der Waals surface area contributed by atoms with Crippen molar-refractivity contribution in [2.45, 2.75) is 30.4 Å². The second kappa shape index (κ2) is 12.8. The standard InChI is InChI=1S/C26H24BrClIN3O5S/c1-36-24-14-18(13-22(29)25(24)37-16-17-4-6-19(27)7-5-17)15-30-31-26(33)23-3-2-12-32(23)38(34,35)21-10-8-20(28)9-11-21/h4-11,13-15,23H,2-3,12,16H2,1H3,(H,31,33)/b30-15-/t23-/m1/s1. The van der Waals surface area contributed by atoms with Gasteiger partial charge in [-0.1, -0.05) is 39.7 Å². The number of benzene rings is 3. The molecule has 38 heavy (non-hydrogen) atoms. The largest absolute Gasteiger partial charge is 0.493 e. The third kappa shape index (κ3) is 6.87. The maximum atomic E-state index is 13.1. The molecule has 0 bridgehead atoms. The first kappa shape index (κ1) is 28.8. The summed E-state index contributed by atoms with van der Waals surface area (Å²) in [5, 5.41) is 4.50. The molecule has 1 saturated heterocycles. The molecule has 200 valence electrons. The summed E-state index contributed by atoms with van der Waals surface area (Å²) in [6, 6.07) is 16.5. The SMILES string of the molecule is COc1cc(/C=N\NC(=O)[C@H]2CCCN2S(=O)(=O)c2ccc(Cl)cc2)cc(I)c1OCc1ccc(Br)cc1. The van der Waals surface area contributed by atoms with Crippen LogP contribution in [0.3, 0.4) is 0 Å². The number of hydrogen-bond acceptors (Lipinski definition) is 6. The first-order chi connectivity index (χ1) is 18.2. The number of halogens is 3. The van der Waals surface area contributed by atoms with Gasteiger partial charge in [0, 0.05) is 16.0 Å². The van der Waals surface area contributed by atoms with Crippen LogP contribution in [-0.4, -0.2) is 44.5 Å². The Hall–Kier alpha value is -2.19. The Morgan fingerprint density at radius 3 is 2.61 bits per heavy atom.